The fraction of sp³-hybridized carbons (Fsp3) is 0.455. The van der Waals surface area contributed by atoms with Crippen molar-refractivity contribution in [3.05, 3.63) is 22.7 Å². The molecule has 0 saturated carbocycles. The molecule has 14 heavy (non-hydrogen) atoms. The van der Waals surface area contributed by atoms with Gasteiger partial charge in [-0.2, -0.15) is 0 Å². The van der Waals surface area contributed by atoms with E-state index in [0.29, 0.717) is 0 Å². The maximum atomic E-state index is 3.52. The normalized spacial score (nSPS) is 14.8. The summed E-state index contributed by atoms with van der Waals surface area (Å²) in [6, 6.07) is 6.51. The summed E-state index contributed by atoms with van der Waals surface area (Å²) < 4.78 is 1.16. The van der Waals surface area contributed by atoms with E-state index in [1.54, 1.807) is 0 Å². The van der Waals surface area contributed by atoms with Crippen molar-refractivity contribution in [1.82, 2.24) is 0 Å². The first-order valence-corrected chi connectivity index (χ1v) is 5.85. The highest BCUT2D eigenvalue weighted by Gasteiger charge is 2.23. The standard InChI is InChI=1S/C11H15BrN2/c1-3-13-8-14(4-2)11-7-9(12)5-6-10(11)13/h5-7H,3-4,8H2,1-2H3. The van der Waals surface area contributed by atoms with E-state index in [0.717, 1.165) is 24.2 Å². The SMILES string of the molecule is CCN1CN(CC)c2cc(Br)ccc21. The van der Waals surface area contributed by atoms with Crippen LogP contribution in [0.3, 0.4) is 0 Å². The third kappa shape index (κ3) is 1.50. The fourth-order valence-corrected chi connectivity index (χ4v) is 2.27. The fourth-order valence-electron chi connectivity index (χ4n) is 1.92. The van der Waals surface area contributed by atoms with Gasteiger partial charge in [-0.25, -0.2) is 0 Å². The highest BCUT2D eigenvalue weighted by atomic mass is 79.9. The second kappa shape index (κ2) is 3.81. The first-order chi connectivity index (χ1) is 6.76. The predicted octanol–water partition coefficient (Wildman–Crippen LogP) is 3.07. The average molecular weight is 255 g/mol. The number of rotatable bonds is 2. The van der Waals surface area contributed by atoms with E-state index in [-0.39, 0.29) is 0 Å². The van der Waals surface area contributed by atoms with Crippen molar-refractivity contribution in [3.63, 3.8) is 0 Å². The van der Waals surface area contributed by atoms with Crippen molar-refractivity contribution in [1.29, 1.82) is 0 Å². The molecule has 0 radical (unpaired) electrons. The van der Waals surface area contributed by atoms with Crippen LogP contribution < -0.4 is 9.80 Å². The Bertz CT molecular complexity index is 338. The first kappa shape index (κ1) is 9.84. The second-order valence-corrected chi connectivity index (χ2v) is 4.40. The quantitative estimate of drug-likeness (QED) is 0.801. The molecule has 0 atom stereocenters. The van der Waals surface area contributed by atoms with E-state index in [2.05, 4.69) is 57.8 Å². The molecule has 0 fully saturated rings. The Morgan fingerprint density at radius 3 is 2.43 bits per heavy atom. The van der Waals surface area contributed by atoms with Crippen LogP contribution in [-0.4, -0.2) is 19.8 Å². The number of nitrogens with zero attached hydrogens (tertiary/aromatic N) is 2. The monoisotopic (exact) mass is 254 g/mol. The first-order valence-electron chi connectivity index (χ1n) is 5.05. The zero-order valence-corrected chi connectivity index (χ0v) is 10.2. The molecule has 1 aromatic rings. The van der Waals surface area contributed by atoms with Crippen molar-refractivity contribution < 1.29 is 0 Å². The highest BCUT2D eigenvalue weighted by Crippen LogP contribution is 2.37. The molecule has 2 nitrogen and oxygen atoms in total. The molecule has 0 aliphatic carbocycles. The Labute approximate surface area is 93.6 Å². The zero-order valence-electron chi connectivity index (χ0n) is 8.63. The van der Waals surface area contributed by atoms with Crippen LogP contribution in [0.5, 0.6) is 0 Å². The predicted molar refractivity (Wildman–Crippen MR) is 65.0 cm³/mol. The Morgan fingerprint density at radius 1 is 1.14 bits per heavy atom. The van der Waals surface area contributed by atoms with Gasteiger partial charge in [-0.1, -0.05) is 15.9 Å². The zero-order chi connectivity index (χ0) is 10.1. The van der Waals surface area contributed by atoms with Crippen molar-refractivity contribution in [3.8, 4) is 0 Å². The summed E-state index contributed by atoms with van der Waals surface area (Å²) in [6.07, 6.45) is 0. The van der Waals surface area contributed by atoms with Gasteiger partial charge in [0.15, 0.2) is 0 Å². The molecular formula is C11H15BrN2. The Morgan fingerprint density at radius 2 is 1.79 bits per heavy atom. The van der Waals surface area contributed by atoms with E-state index in [1.807, 2.05) is 0 Å². The molecule has 0 N–H and O–H groups in total. The van der Waals surface area contributed by atoms with E-state index in [4.69, 9.17) is 0 Å². The lowest BCUT2D eigenvalue weighted by atomic mass is 10.2. The Hall–Kier alpha value is -0.700. The molecule has 1 aliphatic heterocycles. The molecule has 0 aromatic heterocycles. The summed E-state index contributed by atoms with van der Waals surface area (Å²) in [5.41, 5.74) is 2.71. The van der Waals surface area contributed by atoms with E-state index in [1.165, 1.54) is 11.4 Å². The second-order valence-electron chi connectivity index (χ2n) is 3.49. The molecule has 0 amide bonds. The topological polar surface area (TPSA) is 6.48 Å². The van der Waals surface area contributed by atoms with Crippen molar-refractivity contribution >= 4 is 27.3 Å². The van der Waals surface area contributed by atoms with Crippen LogP contribution in [0.4, 0.5) is 11.4 Å². The van der Waals surface area contributed by atoms with Gasteiger partial charge in [0.2, 0.25) is 0 Å². The molecule has 0 saturated heterocycles. The largest absolute Gasteiger partial charge is 0.352 e. The van der Waals surface area contributed by atoms with Gasteiger partial charge < -0.3 is 9.80 Å². The number of benzene rings is 1. The molecule has 76 valence electrons. The van der Waals surface area contributed by atoms with Crippen LogP contribution >= 0.6 is 15.9 Å². The van der Waals surface area contributed by atoms with Gasteiger partial charge in [-0.05, 0) is 32.0 Å². The van der Waals surface area contributed by atoms with Crippen LogP contribution in [-0.2, 0) is 0 Å². The molecular weight excluding hydrogens is 240 g/mol. The van der Waals surface area contributed by atoms with Crippen molar-refractivity contribution in [2.75, 3.05) is 29.6 Å². The number of fused-ring (bicyclic) bond motifs is 1. The van der Waals surface area contributed by atoms with Gasteiger partial charge in [0, 0.05) is 17.6 Å². The molecule has 0 spiro atoms. The number of halogens is 1. The number of anilines is 2. The summed E-state index contributed by atoms with van der Waals surface area (Å²) in [5.74, 6) is 0. The molecule has 0 bridgehead atoms. The van der Waals surface area contributed by atoms with Gasteiger partial charge >= 0.3 is 0 Å². The minimum absolute atomic E-state index is 1.03. The number of hydrogen-bond acceptors (Lipinski definition) is 2. The van der Waals surface area contributed by atoms with Crippen molar-refractivity contribution in [2.45, 2.75) is 13.8 Å². The van der Waals surface area contributed by atoms with Crippen molar-refractivity contribution in [2.24, 2.45) is 0 Å². The molecule has 2 rings (SSSR count). The lowest BCUT2D eigenvalue weighted by Gasteiger charge is -2.18. The third-order valence-corrected chi connectivity index (χ3v) is 3.22. The summed E-state index contributed by atoms with van der Waals surface area (Å²) >= 11 is 3.52. The summed E-state index contributed by atoms with van der Waals surface area (Å²) in [4.78, 5) is 4.79. The summed E-state index contributed by atoms with van der Waals surface area (Å²) in [6.45, 7) is 7.57. The third-order valence-electron chi connectivity index (χ3n) is 2.72. The van der Waals surface area contributed by atoms with E-state index in [9.17, 15) is 0 Å². The Balaban J connectivity index is 2.42. The van der Waals surface area contributed by atoms with Crippen LogP contribution in [0, 0.1) is 0 Å². The minimum atomic E-state index is 1.03. The smallest absolute Gasteiger partial charge is 0.0903 e. The van der Waals surface area contributed by atoms with Gasteiger partial charge in [0.1, 0.15) is 0 Å². The van der Waals surface area contributed by atoms with Gasteiger partial charge in [0.25, 0.3) is 0 Å². The maximum Gasteiger partial charge on any atom is 0.0903 e. The molecule has 1 aliphatic rings. The van der Waals surface area contributed by atoms with Crippen LogP contribution in [0.25, 0.3) is 0 Å². The molecule has 3 heteroatoms. The molecule has 1 aromatic carbocycles. The van der Waals surface area contributed by atoms with Crippen LogP contribution in [0.15, 0.2) is 22.7 Å². The molecule has 0 unspecified atom stereocenters. The lowest BCUT2D eigenvalue weighted by molar-refractivity contribution is 0.801. The number of hydrogen-bond donors (Lipinski definition) is 0. The van der Waals surface area contributed by atoms with E-state index >= 15 is 0 Å². The van der Waals surface area contributed by atoms with Gasteiger partial charge in [-0.15, -0.1) is 0 Å². The molecule has 1 heterocycles. The van der Waals surface area contributed by atoms with Crippen LogP contribution in [0.2, 0.25) is 0 Å². The highest BCUT2D eigenvalue weighted by molar-refractivity contribution is 9.10. The average Bonchev–Trinajstić information content (AvgIpc) is 2.55. The summed E-state index contributed by atoms with van der Waals surface area (Å²) in [5, 5.41) is 0. The van der Waals surface area contributed by atoms with Gasteiger partial charge in [0.05, 0.1) is 18.0 Å². The maximum absolute atomic E-state index is 3.52. The van der Waals surface area contributed by atoms with E-state index < -0.39 is 0 Å². The Kier molecular flexibility index (Phi) is 2.68. The lowest BCUT2D eigenvalue weighted by Crippen LogP contribution is -2.30. The minimum Gasteiger partial charge on any atom is -0.352 e. The summed E-state index contributed by atoms with van der Waals surface area (Å²) in [7, 11) is 0. The van der Waals surface area contributed by atoms with Gasteiger partial charge in [-0.3, -0.25) is 0 Å². The van der Waals surface area contributed by atoms with Crippen LogP contribution in [0.1, 0.15) is 13.8 Å².